The van der Waals surface area contributed by atoms with Crippen molar-refractivity contribution in [3.05, 3.63) is 77.2 Å². The number of nitrogens with two attached hydrogens (primary N) is 2. The first-order chi connectivity index (χ1) is 16.3. The number of aromatic nitrogens is 1. The Morgan fingerprint density at radius 3 is 2.62 bits per heavy atom. The first-order valence-corrected chi connectivity index (χ1v) is 10.4. The molecule has 0 fully saturated rings. The number of nitrogen functional groups attached to an aromatic ring is 2. The predicted octanol–water partition coefficient (Wildman–Crippen LogP) is 3.28. The highest BCUT2D eigenvalue weighted by atomic mass is 19.1. The molecule has 1 aromatic heterocycles. The van der Waals surface area contributed by atoms with Gasteiger partial charge in [-0.2, -0.15) is 0 Å². The van der Waals surface area contributed by atoms with E-state index in [4.69, 9.17) is 31.1 Å². The number of nitrogens with zero attached hydrogens (tertiary/aromatic N) is 1. The summed E-state index contributed by atoms with van der Waals surface area (Å²) in [5, 5.41) is 10.4. The van der Waals surface area contributed by atoms with Gasteiger partial charge in [0.05, 0.1) is 19.0 Å². The van der Waals surface area contributed by atoms with E-state index in [-0.39, 0.29) is 30.4 Å². The standard InChI is InChI=1S/C24H26FN5O4/c1-3-33-22(18-8-7-17(32-2)11-19(18)25)24(31)30-12-15-5-4-14(23(27)28)10-20(15)34-21-9-6-16(26)13-29-21/h4-11,13,22H,3,12,26H2,1-2H3,(H3,27,28)(H,30,31)/t22-/m0/s1. The van der Waals surface area contributed by atoms with Crippen LogP contribution in [0.15, 0.2) is 54.7 Å². The SMILES string of the molecule is CCO[C@H](C(=O)NCc1ccc(C(=N)N)cc1Oc1ccc(N)cn1)c1ccc(OC)cc1F. The first kappa shape index (κ1) is 24.5. The first-order valence-electron chi connectivity index (χ1n) is 10.4. The molecule has 0 saturated heterocycles. The minimum atomic E-state index is -1.16. The number of anilines is 1. The van der Waals surface area contributed by atoms with Crippen LogP contribution < -0.4 is 26.3 Å². The van der Waals surface area contributed by atoms with Crippen LogP contribution in [0.4, 0.5) is 10.1 Å². The van der Waals surface area contributed by atoms with E-state index in [1.165, 1.54) is 25.4 Å². The molecular formula is C24H26FN5O4. The summed E-state index contributed by atoms with van der Waals surface area (Å²) in [5.41, 5.74) is 12.9. The van der Waals surface area contributed by atoms with Gasteiger partial charge in [0.15, 0.2) is 6.10 Å². The molecule has 0 saturated carbocycles. The molecule has 3 aromatic rings. The summed E-state index contributed by atoms with van der Waals surface area (Å²) >= 11 is 0. The van der Waals surface area contributed by atoms with Crippen molar-refractivity contribution >= 4 is 17.4 Å². The van der Waals surface area contributed by atoms with Gasteiger partial charge < -0.3 is 31.0 Å². The lowest BCUT2D eigenvalue weighted by atomic mass is 10.1. The molecule has 1 atom stereocenters. The maximum absolute atomic E-state index is 14.6. The summed E-state index contributed by atoms with van der Waals surface area (Å²) in [6.45, 7) is 1.96. The van der Waals surface area contributed by atoms with Crippen LogP contribution in [-0.4, -0.2) is 30.4 Å². The molecule has 0 unspecified atom stereocenters. The molecule has 0 aliphatic heterocycles. The molecule has 1 amide bonds. The lowest BCUT2D eigenvalue weighted by molar-refractivity contribution is -0.133. The van der Waals surface area contributed by atoms with Gasteiger partial charge in [-0.3, -0.25) is 10.2 Å². The molecule has 0 spiro atoms. The fourth-order valence-corrected chi connectivity index (χ4v) is 3.12. The maximum Gasteiger partial charge on any atom is 0.254 e. The van der Waals surface area contributed by atoms with Crippen molar-refractivity contribution < 1.29 is 23.4 Å². The molecule has 178 valence electrons. The lowest BCUT2D eigenvalue weighted by Crippen LogP contribution is -2.31. The normalized spacial score (nSPS) is 11.5. The number of pyridine rings is 1. The van der Waals surface area contributed by atoms with Gasteiger partial charge in [-0.1, -0.05) is 12.1 Å². The second-order valence-corrected chi connectivity index (χ2v) is 7.21. The highest BCUT2D eigenvalue weighted by Gasteiger charge is 2.25. The third kappa shape index (κ3) is 5.99. The minimum Gasteiger partial charge on any atom is -0.497 e. The molecule has 6 N–H and O–H groups in total. The zero-order chi connectivity index (χ0) is 24.7. The van der Waals surface area contributed by atoms with Crippen molar-refractivity contribution in [1.82, 2.24) is 10.3 Å². The number of benzene rings is 2. The lowest BCUT2D eigenvalue weighted by Gasteiger charge is -2.19. The van der Waals surface area contributed by atoms with Gasteiger partial charge in [0.1, 0.15) is 23.2 Å². The second-order valence-electron chi connectivity index (χ2n) is 7.21. The van der Waals surface area contributed by atoms with Gasteiger partial charge >= 0.3 is 0 Å². The molecule has 9 nitrogen and oxygen atoms in total. The predicted molar refractivity (Wildman–Crippen MR) is 125 cm³/mol. The van der Waals surface area contributed by atoms with E-state index in [0.717, 1.165) is 0 Å². The van der Waals surface area contributed by atoms with Gasteiger partial charge in [-0.05, 0) is 31.2 Å². The van der Waals surface area contributed by atoms with Gasteiger partial charge in [0.25, 0.3) is 5.91 Å². The average Bonchev–Trinajstić information content (AvgIpc) is 2.83. The Hall–Kier alpha value is -4.18. The van der Waals surface area contributed by atoms with E-state index in [0.29, 0.717) is 28.3 Å². The van der Waals surface area contributed by atoms with Gasteiger partial charge in [-0.25, -0.2) is 9.37 Å². The molecule has 34 heavy (non-hydrogen) atoms. The molecule has 0 bridgehead atoms. The number of halogens is 1. The number of ether oxygens (including phenoxy) is 3. The van der Waals surface area contributed by atoms with Crippen molar-refractivity contribution in [1.29, 1.82) is 5.41 Å². The summed E-state index contributed by atoms with van der Waals surface area (Å²) in [6, 6.07) is 12.3. The summed E-state index contributed by atoms with van der Waals surface area (Å²) in [5.74, 6) is -0.336. The molecule has 0 radical (unpaired) electrons. The fourth-order valence-electron chi connectivity index (χ4n) is 3.12. The minimum absolute atomic E-state index is 0.0443. The molecule has 2 aromatic carbocycles. The van der Waals surface area contributed by atoms with Crippen LogP contribution in [0.2, 0.25) is 0 Å². The maximum atomic E-state index is 14.6. The van der Waals surface area contributed by atoms with E-state index in [9.17, 15) is 9.18 Å². The van der Waals surface area contributed by atoms with Crippen LogP contribution in [-0.2, 0) is 16.1 Å². The third-order valence-electron chi connectivity index (χ3n) is 4.87. The quantitative estimate of drug-likeness (QED) is 0.264. The van der Waals surface area contributed by atoms with Gasteiger partial charge in [-0.15, -0.1) is 0 Å². The zero-order valence-electron chi connectivity index (χ0n) is 18.8. The molecule has 1 heterocycles. The van der Waals surface area contributed by atoms with E-state index < -0.39 is 17.8 Å². The number of amides is 1. The fraction of sp³-hybridized carbons (Fsp3) is 0.208. The Morgan fingerprint density at radius 2 is 2.00 bits per heavy atom. The zero-order valence-corrected chi connectivity index (χ0v) is 18.8. The summed E-state index contributed by atoms with van der Waals surface area (Å²) in [7, 11) is 1.43. The van der Waals surface area contributed by atoms with E-state index in [2.05, 4.69) is 10.3 Å². The van der Waals surface area contributed by atoms with Gasteiger partial charge in [0.2, 0.25) is 5.88 Å². The number of carbonyl (C=O) groups excluding carboxylic acids is 1. The smallest absolute Gasteiger partial charge is 0.254 e. The van der Waals surface area contributed by atoms with E-state index >= 15 is 0 Å². The number of nitrogens with one attached hydrogen (secondary N) is 2. The Balaban J connectivity index is 1.82. The van der Waals surface area contributed by atoms with Crippen LogP contribution in [0.3, 0.4) is 0 Å². The highest BCUT2D eigenvalue weighted by Crippen LogP contribution is 2.28. The Morgan fingerprint density at radius 1 is 1.21 bits per heavy atom. The number of hydrogen-bond donors (Lipinski definition) is 4. The highest BCUT2D eigenvalue weighted by molar-refractivity contribution is 5.95. The molecule has 0 aliphatic rings. The van der Waals surface area contributed by atoms with Crippen molar-refractivity contribution in [3.63, 3.8) is 0 Å². The summed E-state index contributed by atoms with van der Waals surface area (Å²) < 4.78 is 31.0. The van der Waals surface area contributed by atoms with E-state index in [1.54, 1.807) is 43.3 Å². The topological polar surface area (TPSA) is 146 Å². The van der Waals surface area contributed by atoms with E-state index in [1.807, 2.05) is 0 Å². The number of amidine groups is 1. The van der Waals surface area contributed by atoms with Crippen LogP contribution >= 0.6 is 0 Å². The van der Waals surface area contributed by atoms with Crippen LogP contribution in [0.25, 0.3) is 0 Å². The van der Waals surface area contributed by atoms with Crippen LogP contribution in [0, 0.1) is 11.2 Å². The van der Waals surface area contributed by atoms with Crippen molar-refractivity contribution in [3.8, 4) is 17.4 Å². The van der Waals surface area contributed by atoms with Crippen molar-refractivity contribution in [2.24, 2.45) is 5.73 Å². The van der Waals surface area contributed by atoms with Crippen molar-refractivity contribution in [2.75, 3.05) is 19.5 Å². The van der Waals surface area contributed by atoms with Crippen LogP contribution in [0.5, 0.6) is 17.4 Å². The number of methoxy groups -OCH3 is 1. The molecule has 3 rings (SSSR count). The Labute approximate surface area is 196 Å². The summed E-state index contributed by atoms with van der Waals surface area (Å²) in [4.78, 5) is 17.0. The Bertz CT molecular complexity index is 1170. The Kier molecular flexibility index (Phi) is 7.99. The molecule has 10 heteroatoms. The molecular weight excluding hydrogens is 441 g/mol. The van der Waals surface area contributed by atoms with Crippen molar-refractivity contribution in [2.45, 2.75) is 19.6 Å². The van der Waals surface area contributed by atoms with Crippen LogP contribution in [0.1, 0.15) is 29.7 Å². The molecule has 0 aliphatic carbocycles. The third-order valence-corrected chi connectivity index (χ3v) is 4.87. The number of hydrogen-bond acceptors (Lipinski definition) is 7. The monoisotopic (exact) mass is 467 g/mol. The number of carbonyl (C=O) groups is 1. The largest absolute Gasteiger partial charge is 0.497 e. The number of rotatable bonds is 10. The van der Waals surface area contributed by atoms with Gasteiger partial charge in [0, 0.05) is 42.0 Å². The second kappa shape index (κ2) is 11.1. The summed E-state index contributed by atoms with van der Waals surface area (Å²) in [6.07, 6.45) is 0.289. The average molecular weight is 468 g/mol.